The van der Waals surface area contributed by atoms with Crippen LogP contribution in [-0.4, -0.2) is 4.92 Å². The van der Waals surface area contributed by atoms with Gasteiger partial charge in [0.15, 0.2) is 0 Å². The lowest BCUT2D eigenvalue weighted by Crippen LogP contribution is -1.87. The SMILES string of the molecule is O=[N+]([O-])c1ccsc1-c1cccc(Cl)c1. The van der Waals surface area contributed by atoms with Crippen molar-refractivity contribution in [1.29, 1.82) is 0 Å². The third-order valence-electron chi connectivity index (χ3n) is 1.93. The van der Waals surface area contributed by atoms with E-state index in [0.29, 0.717) is 9.90 Å². The van der Waals surface area contributed by atoms with Gasteiger partial charge in [-0.3, -0.25) is 10.1 Å². The molecule has 0 saturated carbocycles. The quantitative estimate of drug-likeness (QED) is 0.588. The second-order valence-electron chi connectivity index (χ2n) is 2.90. The summed E-state index contributed by atoms with van der Waals surface area (Å²) in [6.45, 7) is 0. The van der Waals surface area contributed by atoms with Crippen molar-refractivity contribution in [2.75, 3.05) is 0 Å². The summed E-state index contributed by atoms with van der Waals surface area (Å²) in [5, 5.41) is 13.0. The van der Waals surface area contributed by atoms with Crippen LogP contribution in [0.5, 0.6) is 0 Å². The summed E-state index contributed by atoms with van der Waals surface area (Å²) in [5.41, 5.74) is 0.909. The fraction of sp³-hybridized carbons (Fsp3) is 0. The summed E-state index contributed by atoms with van der Waals surface area (Å²) >= 11 is 7.17. The first-order valence-electron chi connectivity index (χ1n) is 4.16. The minimum Gasteiger partial charge on any atom is -0.258 e. The van der Waals surface area contributed by atoms with E-state index >= 15 is 0 Å². The van der Waals surface area contributed by atoms with Crippen LogP contribution in [0.15, 0.2) is 35.7 Å². The summed E-state index contributed by atoms with van der Waals surface area (Å²) in [6.07, 6.45) is 0. The molecule has 0 radical (unpaired) electrons. The van der Waals surface area contributed by atoms with Gasteiger partial charge in [0.2, 0.25) is 0 Å². The standard InChI is InChI=1S/C10H6ClNO2S/c11-8-3-1-2-7(6-8)10-9(12(13)14)4-5-15-10/h1-6H. The van der Waals surface area contributed by atoms with Gasteiger partial charge in [0.05, 0.1) is 4.92 Å². The molecule has 5 heteroatoms. The highest BCUT2D eigenvalue weighted by molar-refractivity contribution is 7.14. The third-order valence-corrected chi connectivity index (χ3v) is 3.12. The third kappa shape index (κ3) is 2.00. The predicted octanol–water partition coefficient (Wildman–Crippen LogP) is 3.98. The largest absolute Gasteiger partial charge is 0.287 e. The molecular formula is C10H6ClNO2S. The van der Waals surface area contributed by atoms with Crippen LogP contribution in [0, 0.1) is 10.1 Å². The summed E-state index contributed by atoms with van der Waals surface area (Å²) in [7, 11) is 0. The van der Waals surface area contributed by atoms with Gasteiger partial charge in [0.1, 0.15) is 4.88 Å². The molecule has 0 bridgehead atoms. The predicted molar refractivity (Wildman–Crippen MR) is 61.4 cm³/mol. The summed E-state index contributed by atoms with van der Waals surface area (Å²) in [5.74, 6) is 0. The minimum absolute atomic E-state index is 0.127. The van der Waals surface area contributed by atoms with Crippen LogP contribution in [0.2, 0.25) is 5.02 Å². The number of hydrogen-bond donors (Lipinski definition) is 0. The normalized spacial score (nSPS) is 10.2. The van der Waals surface area contributed by atoms with Gasteiger partial charge >= 0.3 is 0 Å². The maximum atomic E-state index is 10.7. The van der Waals surface area contributed by atoms with Crippen molar-refractivity contribution < 1.29 is 4.92 Å². The first kappa shape index (κ1) is 10.1. The zero-order valence-corrected chi connectivity index (χ0v) is 9.09. The van der Waals surface area contributed by atoms with Crippen molar-refractivity contribution in [1.82, 2.24) is 0 Å². The Morgan fingerprint density at radius 3 is 2.80 bits per heavy atom. The lowest BCUT2D eigenvalue weighted by atomic mass is 10.2. The van der Waals surface area contributed by atoms with Gasteiger partial charge in [-0.25, -0.2) is 0 Å². The van der Waals surface area contributed by atoms with Gasteiger partial charge in [-0.2, -0.15) is 0 Å². The first-order chi connectivity index (χ1) is 7.18. The Morgan fingerprint density at radius 1 is 1.33 bits per heavy atom. The minimum atomic E-state index is -0.382. The van der Waals surface area contributed by atoms with E-state index in [4.69, 9.17) is 11.6 Å². The molecule has 0 aliphatic rings. The van der Waals surface area contributed by atoms with Crippen LogP contribution in [-0.2, 0) is 0 Å². The first-order valence-corrected chi connectivity index (χ1v) is 5.42. The lowest BCUT2D eigenvalue weighted by Gasteiger charge is -1.98. The average molecular weight is 240 g/mol. The second-order valence-corrected chi connectivity index (χ2v) is 4.25. The molecule has 0 spiro atoms. The Hall–Kier alpha value is -1.39. The topological polar surface area (TPSA) is 43.1 Å². The van der Waals surface area contributed by atoms with Gasteiger partial charge in [0, 0.05) is 16.7 Å². The van der Waals surface area contributed by atoms with E-state index in [-0.39, 0.29) is 10.6 Å². The molecule has 0 unspecified atom stereocenters. The highest BCUT2D eigenvalue weighted by atomic mass is 35.5. The molecule has 1 aromatic carbocycles. The van der Waals surface area contributed by atoms with Gasteiger partial charge in [0.25, 0.3) is 5.69 Å². The number of rotatable bonds is 2. The fourth-order valence-corrected chi connectivity index (χ4v) is 2.34. The van der Waals surface area contributed by atoms with E-state index in [0.717, 1.165) is 5.56 Å². The van der Waals surface area contributed by atoms with E-state index in [1.54, 1.807) is 23.6 Å². The maximum absolute atomic E-state index is 10.7. The van der Waals surface area contributed by atoms with E-state index in [2.05, 4.69) is 0 Å². The van der Waals surface area contributed by atoms with Crippen LogP contribution in [0.1, 0.15) is 0 Å². The van der Waals surface area contributed by atoms with Crippen molar-refractivity contribution >= 4 is 28.6 Å². The Balaban J connectivity index is 2.54. The second kappa shape index (κ2) is 4.00. The molecular weight excluding hydrogens is 234 g/mol. The molecule has 15 heavy (non-hydrogen) atoms. The van der Waals surface area contributed by atoms with Gasteiger partial charge in [-0.1, -0.05) is 23.7 Å². The monoisotopic (exact) mass is 239 g/mol. The van der Waals surface area contributed by atoms with Crippen molar-refractivity contribution in [3.63, 3.8) is 0 Å². The van der Waals surface area contributed by atoms with Crippen molar-refractivity contribution in [3.8, 4) is 10.4 Å². The molecule has 0 aliphatic heterocycles. The number of halogens is 1. The summed E-state index contributed by atoms with van der Waals surface area (Å²) in [6, 6.07) is 8.55. The Bertz CT molecular complexity index is 510. The Labute approximate surface area is 95.1 Å². The molecule has 0 N–H and O–H groups in total. The van der Waals surface area contributed by atoms with Crippen molar-refractivity contribution in [2.45, 2.75) is 0 Å². The zero-order chi connectivity index (χ0) is 10.8. The molecule has 0 saturated heterocycles. The number of benzene rings is 1. The molecule has 0 fully saturated rings. The Kier molecular flexibility index (Phi) is 2.70. The van der Waals surface area contributed by atoms with Gasteiger partial charge in [-0.15, -0.1) is 11.3 Å². The number of nitrogens with zero attached hydrogens (tertiary/aromatic N) is 1. The maximum Gasteiger partial charge on any atom is 0.287 e. The molecule has 2 aromatic rings. The zero-order valence-electron chi connectivity index (χ0n) is 7.51. The summed E-state index contributed by atoms with van der Waals surface area (Å²) < 4.78 is 0. The van der Waals surface area contributed by atoms with Crippen LogP contribution in [0.25, 0.3) is 10.4 Å². The molecule has 0 aliphatic carbocycles. The molecule has 0 amide bonds. The van der Waals surface area contributed by atoms with Gasteiger partial charge in [-0.05, 0) is 17.5 Å². The number of hydrogen-bond acceptors (Lipinski definition) is 3. The van der Waals surface area contributed by atoms with E-state index in [1.165, 1.54) is 17.4 Å². The number of thiophene rings is 1. The highest BCUT2D eigenvalue weighted by Crippen LogP contribution is 2.35. The molecule has 1 heterocycles. The fourth-order valence-electron chi connectivity index (χ4n) is 1.29. The van der Waals surface area contributed by atoms with E-state index in [1.807, 2.05) is 6.07 Å². The van der Waals surface area contributed by atoms with Crippen LogP contribution in [0.4, 0.5) is 5.69 Å². The lowest BCUT2D eigenvalue weighted by molar-refractivity contribution is -0.383. The van der Waals surface area contributed by atoms with Crippen molar-refractivity contribution in [2.24, 2.45) is 0 Å². The average Bonchev–Trinajstić information content (AvgIpc) is 2.65. The molecule has 3 nitrogen and oxygen atoms in total. The van der Waals surface area contributed by atoms with Crippen LogP contribution < -0.4 is 0 Å². The number of nitro groups is 1. The van der Waals surface area contributed by atoms with E-state index in [9.17, 15) is 10.1 Å². The van der Waals surface area contributed by atoms with Gasteiger partial charge < -0.3 is 0 Å². The molecule has 2 rings (SSSR count). The van der Waals surface area contributed by atoms with Crippen molar-refractivity contribution in [3.05, 3.63) is 50.8 Å². The van der Waals surface area contributed by atoms with Crippen LogP contribution >= 0.6 is 22.9 Å². The smallest absolute Gasteiger partial charge is 0.258 e. The Morgan fingerprint density at radius 2 is 2.13 bits per heavy atom. The molecule has 1 aromatic heterocycles. The highest BCUT2D eigenvalue weighted by Gasteiger charge is 2.16. The molecule has 76 valence electrons. The van der Waals surface area contributed by atoms with E-state index < -0.39 is 0 Å². The summed E-state index contributed by atoms with van der Waals surface area (Å²) in [4.78, 5) is 11.0. The molecule has 0 atom stereocenters. The van der Waals surface area contributed by atoms with Crippen LogP contribution in [0.3, 0.4) is 0 Å².